The summed E-state index contributed by atoms with van der Waals surface area (Å²) in [5.74, 6) is 0.680. The van der Waals surface area contributed by atoms with Gasteiger partial charge in [-0.15, -0.1) is 0 Å². The van der Waals surface area contributed by atoms with Crippen LogP contribution in [-0.2, 0) is 22.6 Å². The standard InChI is InChI=1S/C15H15N3O3S/c1-11-13(10-22(19,20)15-16-8-9-18(15)2)17-14(21-11)12-6-4-3-5-7-12/h3-9H,10H2,1-2H3. The molecule has 1 aromatic carbocycles. The van der Waals surface area contributed by atoms with Gasteiger partial charge in [0.2, 0.25) is 20.9 Å². The number of oxazole rings is 1. The number of imidazole rings is 1. The predicted octanol–water partition coefficient (Wildman–Crippen LogP) is 2.36. The molecule has 22 heavy (non-hydrogen) atoms. The van der Waals surface area contributed by atoms with Crippen molar-refractivity contribution in [2.45, 2.75) is 17.8 Å². The average Bonchev–Trinajstić information content (AvgIpc) is 3.07. The molecule has 0 atom stereocenters. The third-order valence-corrected chi connectivity index (χ3v) is 4.90. The third-order valence-electron chi connectivity index (χ3n) is 3.30. The molecule has 2 heterocycles. The highest BCUT2D eigenvalue weighted by Gasteiger charge is 2.24. The smallest absolute Gasteiger partial charge is 0.227 e. The average molecular weight is 317 g/mol. The monoisotopic (exact) mass is 317 g/mol. The molecule has 0 fully saturated rings. The van der Waals surface area contributed by atoms with Crippen LogP contribution in [0.3, 0.4) is 0 Å². The first-order chi connectivity index (χ1) is 10.5. The van der Waals surface area contributed by atoms with Gasteiger partial charge in [0.15, 0.2) is 0 Å². The first-order valence-electron chi connectivity index (χ1n) is 6.69. The zero-order chi connectivity index (χ0) is 15.7. The van der Waals surface area contributed by atoms with Crippen molar-refractivity contribution in [2.24, 2.45) is 7.05 Å². The number of hydrogen-bond acceptors (Lipinski definition) is 5. The zero-order valence-corrected chi connectivity index (χ0v) is 13.0. The fourth-order valence-corrected chi connectivity index (χ4v) is 3.64. The number of hydrogen-bond donors (Lipinski definition) is 0. The lowest BCUT2D eigenvalue weighted by Gasteiger charge is -2.02. The Bertz CT molecular complexity index is 895. The molecule has 2 aromatic heterocycles. The highest BCUT2D eigenvalue weighted by Crippen LogP contribution is 2.23. The molecule has 0 spiro atoms. The van der Waals surface area contributed by atoms with Crippen LogP contribution < -0.4 is 0 Å². The number of aryl methyl sites for hydroxylation is 2. The summed E-state index contributed by atoms with van der Waals surface area (Å²) < 4.78 is 31.9. The second kappa shape index (κ2) is 5.42. The Kier molecular flexibility index (Phi) is 3.58. The molecule has 0 saturated carbocycles. The van der Waals surface area contributed by atoms with Crippen LogP contribution in [0.1, 0.15) is 11.5 Å². The fourth-order valence-electron chi connectivity index (χ4n) is 2.16. The van der Waals surface area contributed by atoms with Crippen molar-refractivity contribution in [1.82, 2.24) is 14.5 Å². The fraction of sp³-hybridized carbons (Fsp3) is 0.200. The zero-order valence-electron chi connectivity index (χ0n) is 12.2. The van der Waals surface area contributed by atoms with Crippen molar-refractivity contribution in [3.05, 3.63) is 54.2 Å². The lowest BCUT2D eigenvalue weighted by atomic mass is 10.2. The minimum absolute atomic E-state index is 0.0242. The van der Waals surface area contributed by atoms with Gasteiger partial charge in [-0.3, -0.25) is 0 Å². The van der Waals surface area contributed by atoms with Gasteiger partial charge in [0.05, 0.1) is 5.69 Å². The summed E-state index contributed by atoms with van der Waals surface area (Å²) in [5, 5.41) is 0.0242. The van der Waals surface area contributed by atoms with E-state index in [1.807, 2.05) is 30.3 Å². The highest BCUT2D eigenvalue weighted by molar-refractivity contribution is 7.90. The Balaban J connectivity index is 1.94. The maximum Gasteiger partial charge on any atom is 0.227 e. The van der Waals surface area contributed by atoms with Gasteiger partial charge in [-0.05, 0) is 19.1 Å². The van der Waals surface area contributed by atoms with E-state index in [0.717, 1.165) is 5.56 Å². The topological polar surface area (TPSA) is 78.0 Å². The van der Waals surface area contributed by atoms with Gasteiger partial charge < -0.3 is 8.98 Å². The van der Waals surface area contributed by atoms with Crippen LogP contribution in [0.4, 0.5) is 0 Å². The van der Waals surface area contributed by atoms with Crippen LogP contribution in [0.5, 0.6) is 0 Å². The normalized spacial score (nSPS) is 11.7. The van der Waals surface area contributed by atoms with E-state index >= 15 is 0 Å². The first-order valence-corrected chi connectivity index (χ1v) is 8.34. The first kappa shape index (κ1) is 14.5. The summed E-state index contributed by atoms with van der Waals surface area (Å²) in [6, 6.07) is 9.37. The summed E-state index contributed by atoms with van der Waals surface area (Å²) in [5.41, 5.74) is 1.22. The molecule has 6 nitrogen and oxygen atoms in total. The molecular formula is C15H15N3O3S. The van der Waals surface area contributed by atoms with Crippen molar-refractivity contribution < 1.29 is 12.8 Å². The second-order valence-corrected chi connectivity index (χ2v) is 6.85. The van der Waals surface area contributed by atoms with Crippen molar-refractivity contribution >= 4 is 9.84 Å². The molecule has 0 aliphatic carbocycles. The van der Waals surface area contributed by atoms with Crippen LogP contribution in [-0.4, -0.2) is 23.0 Å². The van der Waals surface area contributed by atoms with E-state index < -0.39 is 9.84 Å². The van der Waals surface area contributed by atoms with E-state index in [9.17, 15) is 8.42 Å². The molecule has 0 aliphatic heterocycles. The van der Waals surface area contributed by atoms with Crippen LogP contribution in [0.25, 0.3) is 11.5 Å². The van der Waals surface area contributed by atoms with Gasteiger partial charge in [-0.1, -0.05) is 18.2 Å². The van der Waals surface area contributed by atoms with Gasteiger partial charge >= 0.3 is 0 Å². The molecule has 0 aliphatic rings. The molecular weight excluding hydrogens is 302 g/mol. The Hall–Kier alpha value is -2.41. The lowest BCUT2D eigenvalue weighted by Crippen LogP contribution is -2.11. The van der Waals surface area contributed by atoms with Crippen LogP contribution in [0, 0.1) is 6.92 Å². The van der Waals surface area contributed by atoms with E-state index in [1.54, 1.807) is 20.2 Å². The van der Waals surface area contributed by atoms with Crippen molar-refractivity contribution in [3.8, 4) is 11.5 Å². The van der Waals surface area contributed by atoms with Crippen molar-refractivity contribution in [3.63, 3.8) is 0 Å². The molecule has 7 heteroatoms. The molecule has 3 rings (SSSR count). The summed E-state index contributed by atoms with van der Waals surface area (Å²) in [6.07, 6.45) is 3.05. The Morgan fingerprint density at radius 3 is 2.59 bits per heavy atom. The molecule has 0 saturated heterocycles. The number of sulfone groups is 1. The number of aromatic nitrogens is 3. The largest absolute Gasteiger partial charge is 0.441 e. The predicted molar refractivity (Wildman–Crippen MR) is 80.8 cm³/mol. The lowest BCUT2D eigenvalue weighted by molar-refractivity contribution is 0.539. The van der Waals surface area contributed by atoms with E-state index in [1.165, 1.54) is 10.8 Å². The summed E-state index contributed by atoms with van der Waals surface area (Å²) in [7, 11) is -1.92. The SMILES string of the molecule is Cc1oc(-c2ccccc2)nc1CS(=O)(=O)c1nccn1C. The number of benzene rings is 1. The molecule has 0 N–H and O–H groups in total. The second-order valence-electron chi connectivity index (χ2n) is 4.97. The molecule has 3 aromatic rings. The van der Waals surface area contributed by atoms with Gasteiger partial charge in [-0.2, -0.15) is 0 Å². The van der Waals surface area contributed by atoms with E-state index in [2.05, 4.69) is 9.97 Å². The Labute approximate surface area is 128 Å². The Morgan fingerprint density at radius 2 is 1.95 bits per heavy atom. The van der Waals surface area contributed by atoms with Crippen molar-refractivity contribution in [1.29, 1.82) is 0 Å². The Morgan fingerprint density at radius 1 is 1.23 bits per heavy atom. The number of nitrogens with zero attached hydrogens (tertiary/aromatic N) is 3. The van der Waals surface area contributed by atoms with Crippen LogP contribution >= 0.6 is 0 Å². The summed E-state index contributed by atoms with van der Waals surface area (Å²) in [4.78, 5) is 8.22. The van der Waals surface area contributed by atoms with Crippen molar-refractivity contribution in [2.75, 3.05) is 0 Å². The maximum absolute atomic E-state index is 12.4. The minimum Gasteiger partial charge on any atom is -0.441 e. The number of rotatable bonds is 4. The summed E-state index contributed by atoms with van der Waals surface area (Å²) >= 11 is 0. The molecule has 0 unspecified atom stereocenters. The third kappa shape index (κ3) is 2.67. The van der Waals surface area contributed by atoms with Gasteiger partial charge in [0.1, 0.15) is 11.5 Å². The molecule has 114 valence electrons. The van der Waals surface area contributed by atoms with Gasteiger partial charge in [-0.25, -0.2) is 18.4 Å². The van der Waals surface area contributed by atoms with E-state index in [-0.39, 0.29) is 10.9 Å². The maximum atomic E-state index is 12.4. The highest BCUT2D eigenvalue weighted by atomic mass is 32.2. The molecule has 0 bridgehead atoms. The van der Waals surface area contributed by atoms with Gasteiger partial charge in [0, 0.05) is 25.0 Å². The van der Waals surface area contributed by atoms with E-state index in [0.29, 0.717) is 17.3 Å². The minimum atomic E-state index is -3.56. The van der Waals surface area contributed by atoms with E-state index in [4.69, 9.17) is 4.42 Å². The van der Waals surface area contributed by atoms with Crippen LogP contribution in [0.2, 0.25) is 0 Å². The molecule has 0 amide bonds. The molecule has 0 radical (unpaired) electrons. The summed E-state index contributed by atoms with van der Waals surface area (Å²) in [6.45, 7) is 1.71. The quantitative estimate of drug-likeness (QED) is 0.738. The van der Waals surface area contributed by atoms with Gasteiger partial charge in [0.25, 0.3) is 0 Å². The van der Waals surface area contributed by atoms with Crippen LogP contribution in [0.15, 0.2) is 52.3 Å².